The molecule has 1 amide bonds. The second-order valence-electron chi connectivity index (χ2n) is 3.46. The van der Waals surface area contributed by atoms with Crippen LogP contribution < -0.4 is 5.43 Å². The standard InChI is InChI=1S/C8H14N2O3/c1-5(2)10-7(11)3-6(4-9-10)8(12)13/h5-6,9H,3-4H2,1-2H3,(H,12,13). The van der Waals surface area contributed by atoms with Crippen molar-refractivity contribution in [3.05, 3.63) is 0 Å². The molecule has 0 aromatic carbocycles. The number of hydrogen-bond donors (Lipinski definition) is 2. The fraction of sp³-hybridized carbons (Fsp3) is 0.750. The predicted octanol–water partition coefficient (Wildman–Crippen LogP) is -0.168. The quantitative estimate of drug-likeness (QED) is 0.628. The Kier molecular flexibility index (Phi) is 2.87. The number of nitrogens with one attached hydrogen (secondary N) is 1. The first-order valence-corrected chi connectivity index (χ1v) is 4.30. The monoisotopic (exact) mass is 186 g/mol. The van der Waals surface area contributed by atoms with Gasteiger partial charge in [-0.05, 0) is 13.8 Å². The zero-order valence-corrected chi connectivity index (χ0v) is 7.78. The summed E-state index contributed by atoms with van der Waals surface area (Å²) in [6, 6.07) is 0.0715. The molecule has 0 aromatic heterocycles. The van der Waals surface area contributed by atoms with Crippen LogP contribution in [0.1, 0.15) is 20.3 Å². The molecule has 0 radical (unpaired) electrons. The maximum atomic E-state index is 11.4. The van der Waals surface area contributed by atoms with Gasteiger partial charge in [-0.1, -0.05) is 0 Å². The maximum absolute atomic E-state index is 11.4. The molecule has 0 saturated carbocycles. The van der Waals surface area contributed by atoms with Gasteiger partial charge in [-0.25, -0.2) is 5.43 Å². The molecule has 1 atom stereocenters. The number of carbonyl (C=O) groups is 2. The molecular weight excluding hydrogens is 172 g/mol. The molecule has 0 bridgehead atoms. The van der Waals surface area contributed by atoms with E-state index in [1.165, 1.54) is 5.01 Å². The minimum absolute atomic E-state index is 0.0715. The molecule has 1 aliphatic heterocycles. The molecule has 1 fully saturated rings. The predicted molar refractivity (Wildman–Crippen MR) is 45.7 cm³/mol. The molecule has 5 nitrogen and oxygen atoms in total. The molecule has 2 N–H and O–H groups in total. The topological polar surface area (TPSA) is 69.6 Å². The number of rotatable bonds is 2. The van der Waals surface area contributed by atoms with Crippen LogP contribution in [-0.2, 0) is 9.59 Å². The lowest BCUT2D eigenvalue weighted by molar-refractivity contribution is -0.152. The Morgan fingerprint density at radius 1 is 1.69 bits per heavy atom. The molecule has 0 aromatic rings. The highest BCUT2D eigenvalue weighted by molar-refractivity contribution is 5.83. The van der Waals surface area contributed by atoms with E-state index in [2.05, 4.69) is 5.43 Å². The molecule has 1 heterocycles. The van der Waals surface area contributed by atoms with Gasteiger partial charge in [0, 0.05) is 19.0 Å². The molecule has 1 aliphatic rings. The summed E-state index contributed by atoms with van der Waals surface area (Å²) in [5.41, 5.74) is 2.80. The normalized spacial score (nSPS) is 23.8. The first-order chi connectivity index (χ1) is 6.02. The Hall–Kier alpha value is -1.10. The highest BCUT2D eigenvalue weighted by Crippen LogP contribution is 2.12. The molecule has 1 rings (SSSR count). The molecule has 13 heavy (non-hydrogen) atoms. The highest BCUT2D eigenvalue weighted by Gasteiger charge is 2.30. The summed E-state index contributed by atoms with van der Waals surface area (Å²) in [5, 5.41) is 10.2. The Morgan fingerprint density at radius 2 is 2.31 bits per heavy atom. The number of amides is 1. The molecule has 74 valence electrons. The SMILES string of the molecule is CC(C)N1NCC(C(=O)O)CC1=O. The first-order valence-electron chi connectivity index (χ1n) is 4.30. The lowest BCUT2D eigenvalue weighted by atomic mass is 10.0. The van der Waals surface area contributed by atoms with Gasteiger partial charge < -0.3 is 5.11 Å². The van der Waals surface area contributed by atoms with Gasteiger partial charge in [0.1, 0.15) is 0 Å². The van der Waals surface area contributed by atoms with Crippen molar-refractivity contribution in [3.8, 4) is 0 Å². The Morgan fingerprint density at radius 3 is 2.69 bits per heavy atom. The van der Waals surface area contributed by atoms with Gasteiger partial charge >= 0.3 is 5.97 Å². The summed E-state index contributed by atoms with van der Waals surface area (Å²) in [6.45, 7) is 4.09. The number of hydrazine groups is 1. The Labute approximate surface area is 76.7 Å². The number of carbonyl (C=O) groups excluding carboxylic acids is 1. The van der Waals surface area contributed by atoms with Gasteiger partial charge in [0.2, 0.25) is 5.91 Å². The van der Waals surface area contributed by atoms with Crippen molar-refractivity contribution in [3.63, 3.8) is 0 Å². The van der Waals surface area contributed by atoms with Crippen LogP contribution in [0.5, 0.6) is 0 Å². The van der Waals surface area contributed by atoms with Gasteiger partial charge in [-0.15, -0.1) is 0 Å². The molecular formula is C8H14N2O3. The van der Waals surface area contributed by atoms with Crippen LogP contribution in [0.4, 0.5) is 0 Å². The van der Waals surface area contributed by atoms with E-state index < -0.39 is 11.9 Å². The van der Waals surface area contributed by atoms with Crippen LogP contribution in [0.25, 0.3) is 0 Å². The van der Waals surface area contributed by atoms with Crippen LogP contribution in [-0.4, -0.2) is 34.6 Å². The minimum atomic E-state index is -0.913. The van der Waals surface area contributed by atoms with Gasteiger partial charge in [-0.2, -0.15) is 0 Å². The van der Waals surface area contributed by atoms with E-state index in [1.54, 1.807) is 0 Å². The molecule has 0 aliphatic carbocycles. The second kappa shape index (κ2) is 3.74. The summed E-state index contributed by atoms with van der Waals surface area (Å²) in [5.74, 6) is -1.64. The summed E-state index contributed by atoms with van der Waals surface area (Å²) in [7, 11) is 0. The van der Waals surface area contributed by atoms with E-state index in [0.29, 0.717) is 6.54 Å². The smallest absolute Gasteiger partial charge is 0.308 e. The fourth-order valence-electron chi connectivity index (χ4n) is 1.32. The minimum Gasteiger partial charge on any atom is -0.481 e. The van der Waals surface area contributed by atoms with Crippen molar-refractivity contribution in [2.24, 2.45) is 5.92 Å². The second-order valence-corrected chi connectivity index (χ2v) is 3.46. The lowest BCUT2D eigenvalue weighted by Gasteiger charge is -2.33. The molecule has 0 spiro atoms. The Bertz CT molecular complexity index is 227. The molecule has 5 heteroatoms. The summed E-state index contributed by atoms with van der Waals surface area (Å²) in [6.07, 6.45) is 0.0977. The third kappa shape index (κ3) is 2.18. The highest BCUT2D eigenvalue weighted by atomic mass is 16.4. The number of hydrogen-bond acceptors (Lipinski definition) is 3. The summed E-state index contributed by atoms with van der Waals surface area (Å²) < 4.78 is 0. The number of aliphatic carboxylic acids is 1. The number of carboxylic acid groups (broad SMARTS) is 1. The number of nitrogens with zero attached hydrogens (tertiary/aromatic N) is 1. The van der Waals surface area contributed by atoms with E-state index in [1.807, 2.05) is 13.8 Å². The average Bonchev–Trinajstić information content (AvgIpc) is 2.03. The van der Waals surface area contributed by atoms with Crippen LogP contribution in [0.3, 0.4) is 0 Å². The fourth-order valence-corrected chi connectivity index (χ4v) is 1.32. The summed E-state index contributed by atoms with van der Waals surface area (Å²) >= 11 is 0. The molecule has 1 saturated heterocycles. The third-order valence-corrected chi connectivity index (χ3v) is 2.06. The van der Waals surface area contributed by atoms with E-state index >= 15 is 0 Å². The van der Waals surface area contributed by atoms with Crippen molar-refractivity contribution in [1.29, 1.82) is 0 Å². The largest absolute Gasteiger partial charge is 0.481 e. The first kappa shape index (κ1) is 9.98. The Balaban J connectivity index is 2.57. The van der Waals surface area contributed by atoms with E-state index in [0.717, 1.165) is 0 Å². The maximum Gasteiger partial charge on any atom is 0.308 e. The zero-order chi connectivity index (χ0) is 10.0. The summed E-state index contributed by atoms with van der Waals surface area (Å²) in [4.78, 5) is 21.9. The van der Waals surface area contributed by atoms with Crippen molar-refractivity contribution in [2.75, 3.05) is 6.54 Å². The molecule has 1 unspecified atom stereocenters. The van der Waals surface area contributed by atoms with Crippen LogP contribution in [0, 0.1) is 5.92 Å². The van der Waals surface area contributed by atoms with Crippen LogP contribution in [0.15, 0.2) is 0 Å². The zero-order valence-electron chi connectivity index (χ0n) is 7.78. The van der Waals surface area contributed by atoms with E-state index in [4.69, 9.17) is 5.11 Å². The van der Waals surface area contributed by atoms with Crippen LogP contribution >= 0.6 is 0 Å². The van der Waals surface area contributed by atoms with Crippen molar-refractivity contribution in [2.45, 2.75) is 26.3 Å². The lowest BCUT2D eigenvalue weighted by Crippen LogP contribution is -2.54. The van der Waals surface area contributed by atoms with Crippen molar-refractivity contribution in [1.82, 2.24) is 10.4 Å². The van der Waals surface area contributed by atoms with Crippen molar-refractivity contribution >= 4 is 11.9 Å². The van der Waals surface area contributed by atoms with Crippen LogP contribution in [0.2, 0.25) is 0 Å². The average molecular weight is 186 g/mol. The van der Waals surface area contributed by atoms with E-state index in [-0.39, 0.29) is 18.4 Å². The third-order valence-electron chi connectivity index (χ3n) is 2.06. The van der Waals surface area contributed by atoms with E-state index in [9.17, 15) is 9.59 Å². The van der Waals surface area contributed by atoms with Gasteiger partial charge in [0.25, 0.3) is 0 Å². The van der Waals surface area contributed by atoms with Gasteiger partial charge in [0.15, 0.2) is 0 Å². The van der Waals surface area contributed by atoms with Gasteiger partial charge in [-0.3, -0.25) is 14.6 Å². The number of carboxylic acids is 1. The van der Waals surface area contributed by atoms with Crippen molar-refractivity contribution < 1.29 is 14.7 Å². The van der Waals surface area contributed by atoms with Gasteiger partial charge in [0.05, 0.1) is 5.92 Å².